The van der Waals surface area contributed by atoms with E-state index in [4.69, 9.17) is 5.73 Å². The van der Waals surface area contributed by atoms with Crippen molar-refractivity contribution in [3.8, 4) is 0 Å². The minimum atomic E-state index is -0.787. The molecule has 2 saturated heterocycles. The number of aromatic nitrogens is 2. The Labute approximate surface area is 263 Å². The molecular weight excluding hydrogens is 693 g/mol. The molecule has 2 atom stereocenters. The molecule has 4 heterocycles. The summed E-state index contributed by atoms with van der Waals surface area (Å²) in [5.41, 5.74) is 7.42. The zero-order chi connectivity index (χ0) is 30.9. The number of amides is 2. The van der Waals surface area contributed by atoms with Crippen molar-refractivity contribution < 1.29 is 22.8 Å². The fourth-order valence-electron chi connectivity index (χ4n) is 4.32. The van der Waals surface area contributed by atoms with Crippen LogP contribution >= 0.6 is 31.9 Å². The highest BCUT2D eigenvalue weighted by Gasteiger charge is 2.32. The molecular formula is C30H27Br2F3N6O2. The number of benzene rings is 2. The molecule has 2 aromatic heterocycles. The minimum absolute atomic E-state index is 0.0207. The van der Waals surface area contributed by atoms with Gasteiger partial charge in [-0.05, 0) is 85.6 Å². The summed E-state index contributed by atoms with van der Waals surface area (Å²) in [6.07, 6.45) is 1.40. The molecule has 2 fully saturated rings. The molecule has 2 amide bonds. The summed E-state index contributed by atoms with van der Waals surface area (Å²) < 4.78 is 38.7. The van der Waals surface area contributed by atoms with E-state index in [0.29, 0.717) is 18.8 Å². The van der Waals surface area contributed by atoms with Gasteiger partial charge in [-0.25, -0.2) is 4.98 Å². The van der Waals surface area contributed by atoms with Crippen LogP contribution in [0.25, 0.3) is 0 Å². The standard InChI is InChI=1S/C15H13BrFN3O.C10H11BrN2O.C5H3F2N/c16-10-4-6-11(7-5-10)20-9-8-12(15(20)21)18-14-3-1-2-13(17)19-14;11-7-1-3-8(4-2-7)13-6-5-9(12)10(13)14;6-4-2-1-3-5(7)8-4/h1-7,12H,8-9H2,(H,18,19);1-4,9H,5-6,12H2;1-3H. The Hall–Kier alpha value is -3.81. The fraction of sp³-hybridized carbons (Fsp3) is 0.200. The van der Waals surface area contributed by atoms with Crippen molar-refractivity contribution in [2.45, 2.75) is 24.9 Å². The lowest BCUT2D eigenvalue weighted by Gasteiger charge is -2.17. The fourth-order valence-corrected chi connectivity index (χ4v) is 4.85. The first-order valence-corrected chi connectivity index (χ1v) is 14.8. The molecule has 43 heavy (non-hydrogen) atoms. The van der Waals surface area contributed by atoms with E-state index < -0.39 is 17.8 Å². The van der Waals surface area contributed by atoms with Crippen LogP contribution in [0.2, 0.25) is 0 Å². The number of carbonyl (C=O) groups is 2. The zero-order valence-corrected chi connectivity index (χ0v) is 25.8. The van der Waals surface area contributed by atoms with E-state index in [1.807, 2.05) is 48.5 Å². The lowest BCUT2D eigenvalue weighted by atomic mass is 10.2. The lowest BCUT2D eigenvalue weighted by molar-refractivity contribution is -0.118. The number of rotatable bonds is 4. The Morgan fingerprint density at radius 3 is 1.58 bits per heavy atom. The van der Waals surface area contributed by atoms with E-state index in [1.165, 1.54) is 12.1 Å². The number of nitrogens with zero attached hydrogens (tertiary/aromatic N) is 4. The van der Waals surface area contributed by atoms with Crippen molar-refractivity contribution in [1.82, 2.24) is 9.97 Å². The Morgan fingerprint density at radius 2 is 1.14 bits per heavy atom. The van der Waals surface area contributed by atoms with Gasteiger partial charge >= 0.3 is 0 Å². The Bertz CT molecular complexity index is 1530. The predicted octanol–water partition coefficient (Wildman–Crippen LogP) is 6.07. The maximum Gasteiger partial charge on any atom is 0.249 e. The van der Waals surface area contributed by atoms with Crippen LogP contribution in [0.4, 0.5) is 30.4 Å². The van der Waals surface area contributed by atoms with Crippen LogP contribution in [0.5, 0.6) is 0 Å². The third-order valence-corrected chi connectivity index (χ3v) is 7.50. The first-order chi connectivity index (χ1) is 20.6. The number of nitrogens with two attached hydrogens (primary N) is 1. The van der Waals surface area contributed by atoms with Crippen molar-refractivity contribution >= 4 is 60.9 Å². The van der Waals surface area contributed by atoms with Crippen molar-refractivity contribution in [1.29, 1.82) is 0 Å². The average Bonchev–Trinajstić information content (AvgIpc) is 3.51. The van der Waals surface area contributed by atoms with Crippen molar-refractivity contribution in [2.24, 2.45) is 5.73 Å². The van der Waals surface area contributed by atoms with Crippen LogP contribution in [-0.2, 0) is 9.59 Å². The van der Waals surface area contributed by atoms with Crippen LogP contribution < -0.4 is 20.9 Å². The molecule has 2 aromatic carbocycles. The van der Waals surface area contributed by atoms with E-state index in [0.717, 1.165) is 45.4 Å². The summed E-state index contributed by atoms with van der Waals surface area (Å²) in [7, 11) is 0. The first-order valence-electron chi connectivity index (χ1n) is 13.2. The van der Waals surface area contributed by atoms with Crippen LogP contribution in [0.1, 0.15) is 12.8 Å². The summed E-state index contributed by atoms with van der Waals surface area (Å²) in [4.78, 5) is 34.0. The van der Waals surface area contributed by atoms with Crippen molar-refractivity contribution in [3.63, 3.8) is 0 Å². The number of carbonyl (C=O) groups excluding carboxylic acids is 2. The summed E-state index contributed by atoms with van der Waals surface area (Å²) >= 11 is 6.73. The van der Waals surface area contributed by atoms with Crippen LogP contribution in [0.3, 0.4) is 0 Å². The molecule has 13 heteroatoms. The highest BCUT2D eigenvalue weighted by Crippen LogP contribution is 2.25. The second kappa shape index (κ2) is 15.1. The number of pyridine rings is 2. The number of halogens is 5. The monoisotopic (exact) mass is 718 g/mol. The van der Waals surface area contributed by atoms with E-state index in [-0.39, 0.29) is 23.9 Å². The Kier molecular flexibility index (Phi) is 11.3. The van der Waals surface area contributed by atoms with Crippen molar-refractivity contribution in [2.75, 3.05) is 28.2 Å². The van der Waals surface area contributed by atoms with Crippen LogP contribution in [-0.4, -0.2) is 47.0 Å². The smallest absolute Gasteiger partial charge is 0.249 e. The molecule has 2 unspecified atom stereocenters. The van der Waals surface area contributed by atoms with Crippen LogP contribution in [0, 0.1) is 17.8 Å². The summed E-state index contributed by atoms with van der Waals surface area (Å²) in [6, 6.07) is 22.5. The average molecular weight is 720 g/mol. The maximum atomic E-state index is 13.1. The Balaban J connectivity index is 0.000000165. The van der Waals surface area contributed by atoms with Gasteiger partial charge in [-0.1, -0.05) is 44.0 Å². The van der Waals surface area contributed by atoms with Gasteiger partial charge in [0.05, 0.1) is 6.04 Å². The van der Waals surface area contributed by atoms with Crippen molar-refractivity contribution in [3.05, 3.63) is 112 Å². The molecule has 2 aliphatic heterocycles. The second-order valence-electron chi connectivity index (χ2n) is 9.44. The molecule has 0 spiro atoms. The third kappa shape index (κ3) is 9.09. The second-order valence-corrected chi connectivity index (χ2v) is 11.3. The molecule has 3 N–H and O–H groups in total. The van der Waals surface area contributed by atoms with Gasteiger partial charge in [0.15, 0.2) is 0 Å². The van der Waals surface area contributed by atoms with Crippen LogP contribution in [0.15, 0.2) is 93.9 Å². The molecule has 8 nitrogen and oxygen atoms in total. The summed E-state index contributed by atoms with van der Waals surface area (Å²) in [6.45, 7) is 1.36. The van der Waals surface area contributed by atoms with Gasteiger partial charge in [0.2, 0.25) is 29.7 Å². The van der Waals surface area contributed by atoms with Gasteiger partial charge in [0.1, 0.15) is 11.9 Å². The highest BCUT2D eigenvalue weighted by atomic mass is 79.9. The molecule has 4 aromatic rings. The SMILES string of the molecule is Fc1cccc(F)n1.NC1CCN(c2ccc(Br)cc2)C1=O.O=C1C(Nc2cccc(F)n2)CCN1c1ccc(Br)cc1. The molecule has 0 radical (unpaired) electrons. The molecule has 0 saturated carbocycles. The largest absolute Gasteiger partial charge is 0.358 e. The topological polar surface area (TPSA) is 104 Å². The molecule has 6 rings (SSSR count). The Morgan fingerprint density at radius 1 is 0.674 bits per heavy atom. The van der Waals surface area contributed by atoms with Gasteiger partial charge in [-0.15, -0.1) is 0 Å². The van der Waals surface area contributed by atoms with Gasteiger partial charge in [0.25, 0.3) is 0 Å². The maximum absolute atomic E-state index is 13.1. The normalized spacial score (nSPS) is 17.6. The zero-order valence-electron chi connectivity index (χ0n) is 22.6. The third-order valence-electron chi connectivity index (χ3n) is 6.45. The molecule has 0 aliphatic carbocycles. The van der Waals surface area contributed by atoms with E-state index in [2.05, 4.69) is 47.1 Å². The van der Waals surface area contributed by atoms with E-state index in [1.54, 1.807) is 21.9 Å². The molecule has 224 valence electrons. The molecule has 2 aliphatic rings. The molecule has 0 bridgehead atoms. The van der Waals surface area contributed by atoms with Gasteiger partial charge in [-0.3, -0.25) is 9.59 Å². The summed E-state index contributed by atoms with van der Waals surface area (Å²) in [5, 5.41) is 2.99. The van der Waals surface area contributed by atoms with Gasteiger partial charge in [-0.2, -0.15) is 18.2 Å². The van der Waals surface area contributed by atoms with E-state index in [9.17, 15) is 22.8 Å². The lowest BCUT2D eigenvalue weighted by Crippen LogP contribution is -2.33. The minimum Gasteiger partial charge on any atom is -0.358 e. The number of hydrogen-bond donors (Lipinski definition) is 2. The summed E-state index contributed by atoms with van der Waals surface area (Å²) in [5.74, 6) is -1.76. The van der Waals surface area contributed by atoms with Gasteiger partial charge in [0, 0.05) is 33.4 Å². The number of hydrogen-bond acceptors (Lipinski definition) is 6. The predicted molar refractivity (Wildman–Crippen MR) is 166 cm³/mol. The van der Waals surface area contributed by atoms with E-state index >= 15 is 0 Å². The first kappa shape index (κ1) is 32.1. The number of nitrogens with one attached hydrogen (secondary N) is 1. The number of anilines is 3. The quantitative estimate of drug-likeness (QED) is 0.248. The van der Waals surface area contributed by atoms with Gasteiger partial charge < -0.3 is 20.9 Å². The highest BCUT2D eigenvalue weighted by molar-refractivity contribution is 9.10.